The van der Waals surface area contributed by atoms with Crippen LogP contribution in [0, 0.1) is 6.92 Å². The molecule has 0 aliphatic heterocycles. The van der Waals surface area contributed by atoms with Crippen molar-refractivity contribution in [3.8, 4) is 0 Å². The Balaban J connectivity index is 2.21. The molecule has 0 aliphatic carbocycles. The molecule has 2 rings (SSSR count). The highest BCUT2D eigenvalue weighted by molar-refractivity contribution is 6.30. The molecule has 20 heavy (non-hydrogen) atoms. The van der Waals surface area contributed by atoms with Gasteiger partial charge in [-0.3, -0.25) is 0 Å². The van der Waals surface area contributed by atoms with E-state index in [4.69, 9.17) is 11.6 Å². The highest BCUT2D eigenvalue weighted by Crippen LogP contribution is 2.23. The molecule has 0 radical (unpaired) electrons. The van der Waals surface area contributed by atoms with Gasteiger partial charge >= 0.3 is 0 Å². The number of nitrogens with zero attached hydrogens (tertiary/aromatic N) is 3. The van der Waals surface area contributed by atoms with Crippen molar-refractivity contribution in [1.82, 2.24) is 15.2 Å². The van der Waals surface area contributed by atoms with Crippen molar-refractivity contribution in [2.45, 2.75) is 33.2 Å². The topological polar surface area (TPSA) is 62.7 Å². The molecular weight excluding hydrogens is 274 g/mol. The van der Waals surface area contributed by atoms with E-state index in [1.165, 1.54) is 0 Å². The number of halogens is 1. The molecule has 5 nitrogen and oxygen atoms in total. The molecule has 0 saturated carbocycles. The van der Waals surface area contributed by atoms with Crippen LogP contribution < -0.4 is 10.6 Å². The summed E-state index contributed by atoms with van der Waals surface area (Å²) >= 11 is 6.00. The molecule has 0 spiro atoms. The van der Waals surface area contributed by atoms with Crippen LogP contribution in [0.2, 0.25) is 5.02 Å². The quantitative estimate of drug-likeness (QED) is 0.901. The molecule has 0 atom stereocenters. The average Bonchev–Trinajstić information content (AvgIpc) is 2.32. The number of hydrogen-bond acceptors (Lipinski definition) is 5. The molecule has 106 valence electrons. The van der Waals surface area contributed by atoms with E-state index < -0.39 is 0 Å². The molecule has 1 heterocycles. The first-order valence-electron chi connectivity index (χ1n) is 6.34. The molecule has 1 aromatic carbocycles. The highest BCUT2D eigenvalue weighted by atomic mass is 35.5. The Hall–Kier alpha value is -1.88. The minimum Gasteiger partial charge on any atom is -0.348 e. The number of anilines is 3. The van der Waals surface area contributed by atoms with Gasteiger partial charge in [-0.2, -0.15) is 10.1 Å². The van der Waals surface area contributed by atoms with Crippen molar-refractivity contribution >= 4 is 29.1 Å². The first-order chi connectivity index (χ1) is 9.33. The average molecular weight is 292 g/mol. The van der Waals surface area contributed by atoms with Gasteiger partial charge < -0.3 is 10.6 Å². The molecule has 1 aromatic heterocycles. The zero-order valence-electron chi connectivity index (χ0n) is 12.0. The molecular formula is C14H18ClN5. The van der Waals surface area contributed by atoms with E-state index in [-0.39, 0.29) is 5.54 Å². The van der Waals surface area contributed by atoms with E-state index in [0.717, 1.165) is 11.3 Å². The van der Waals surface area contributed by atoms with Crippen LogP contribution in [0.1, 0.15) is 26.3 Å². The third-order valence-electron chi connectivity index (χ3n) is 2.51. The Labute approximate surface area is 123 Å². The van der Waals surface area contributed by atoms with Crippen LogP contribution in [0.3, 0.4) is 0 Å². The van der Waals surface area contributed by atoms with Crippen molar-refractivity contribution in [2.24, 2.45) is 0 Å². The predicted molar refractivity (Wildman–Crippen MR) is 82.7 cm³/mol. The number of aryl methyl sites for hydroxylation is 1. The van der Waals surface area contributed by atoms with Crippen LogP contribution in [0.5, 0.6) is 0 Å². The van der Waals surface area contributed by atoms with Crippen LogP contribution in [0.15, 0.2) is 24.4 Å². The minimum atomic E-state index is -0.119. The minimum absolute atomic E-state index is 0.119. The summed E-state index contributed by atoms with van der Waals surface area (Å²) in [6.07, 6.45) is 1.58. The summed E-state index contributed by atoms with van der Waals surface area (Å²) in [6.45, 7) is 8.12. The van der Waals surface area contributed by atoms with Gasteiger partial charge in [0.2, 0.25) is 5.95 Å². The van der Waals surface area contributed by atoms with Gasteiger partial charge in [0.05, 0.1) is 6.20 Å². The van der Waals surface area contributed by atoms with E-state index in [1.54, 1.807) is 6.20 Å². The van der Waals surface area contributed by atoms with E-state index in [2.05, 4.69) is 25.8 Å². The Kier molecular flexibility index (Phi) is 4.09. The Morgan fingerprint density at radius 1 is 1.20 bits per heavy atom. The van der Waals surface area contributed by atoms with Gasteiger partial charge in [0.15, 0.2) is 5.82 Å². The zero-order chi connectivity index (χ0) is 14.8. The smallest absolute Gasteiger partial charge is 0.245 e. The molecule has 2 aromatic rings. The summed E-state index contributed by atoms with van der Waals surface area (Å²) in [5.41, 5.74) is 1.87. The molecule has 0 bridgehead atoms. The summed E-state index contributed by atoms with van der Waals surface area (Å²) in [4.78, 5) is 4.39. The third kappa shape index (κ3) is 4.06. The highest BCUT2D eigenvalue weighted by Gasteiger charge is 2.12. The summed E-state index contributed by atoms with van der Waals surface area (Å²) < 4.78 is 0. The lowest BCUT2D eigenvalue weighted by atomic mass is 10.1. The maximum absolute atomic E-state index is 6.00. The maximum atomic E-state index is 6.00. The Morgan fingerprint density at radius 3 is 2.65 bits per heavy atom. The number of aromatic nitrogens is 3. The van der Waals surface area contributed by atoms with Crippen LogP contribution in [0.4, 0.5) is 17.5 Å². The standard InChI is InChI=1S/C14H18ClN5/c1-9-5-6-10(15)7-11(9)17-12-8-16-20-13(18-12)19-14(2,3)4/h5-8H,1-4H3,(H2,17,18,19,20). The van der Waals surface area contributed by atoms with Gasteiger partial charge in [0.25, 0.3) is 0 Å². The second kappa shape index (κ2) is 5.63. The molecule has 6 heteroatoms. The fourth-order valence-electron chi connectivity index (χ4n) is 1.62. The number of rotatable bonds is 3. The SMILES string of the molecule is Cc1ccc(Cl)cc1Nc1cnnc(NC(C)(C)C)n1. The molecule has 2 N–H and O–H groups in total. The molecule has 0 saturated heterocycles. The van der Waals surface area contributed by atoms with E-state index >= 15 is 0 Å². The molecule has 0 amide bonds. The number of hydrogen-bond donors (Lipinski definition) is 2. The molecule has 0 unspecified atom stereocenters. The normalized spacial score (nSPS) is 11.2. The number of nitrogens with one attached hydrogen (secondary N) is 2. The third-order valence-corrected chi connectivity index (χ3v) is 2.74. The van der Waals surface area contributed by atoms with E-state index in [9.17, 15) is 0 Å². The fourth-order valence-corrected chi connectivity index (χ4v) is 1.79. The zero-order valence-corrected chi connectivity index (χ0v) is 12.8. The Bertz CT molecular complexity index is 607. The predicted octanol–water partition coefficient (Wildman–Crippen LogP) is 3.79. The van der Waals surface area contributed by atoms with Crippen LogP contribution in [0.25, 0.3) is 0 Å². The summed E-state index contributed by atoms with van der Waals surface area (Å²) in [6, 6.07) is 5.66. The van der Waals surface area contributed by atoms with Crippen molar-refractivity contribution in [3.63, 3.8) is 0 Å². The number of benzene rings is 1. The summed E-state index contributed by atoms with van der Waals surface area (Å²) in [7, 11) is 0. The van der Waals surface area contributed by atoms with E-state index in [1.807, 2.05) is 45.9 Å². The lowest BCUT2D eigenvalue weighted by molar-refractivity contribution is 0.623. The lowest BCUT2D eigenvalue weighted by Gasteiger charge is -2.20. The van der Waals surface area contributed by atoms with Gasteiger partial charge in [0.1, 0.15) is 0 Å². The first-order valence-corrected chi connectivity index (χ1v) is 6.72. The van der Waals surface area contributed by atoms with Crippen LogP contribution in [-0.4, -0.2) is 20.7 Å². The Morgan fingerprint density at radius 2 is 1.95 bits per heavy atom. The van der Waals surface area contributed by atoms with Crippen molar-refractivity contribution in [3.05, 3.63) is 35.0 Å². The fraction of sp³-hybridized carbons (Fsp3) is 0.357. The molecule has 0 fully saturated rings. The van der Waals surface area contributed by atoms with Gasteiger partial charge in [-0.15, -0.1) is 5.10 Å². The molecule has 0 aliphatic rings. The van der Waals surface area contributed by atoms with Crippen molar-refractivity contribution < 1.29 is 0 Å². The van der Waals surface area contributed by atoms with Crippen molar-refractivity contribution in [2.75, 3.05) is 10.6 Å². The first kappa shape index (κ1) is 14.5. The summed E-state index contributed by atoms with van der Waals surface area (Å²) in [5.74, 6) is 1.11. The second-order valence-corrected chi connectivity index (χ2v) is 6.06. The van der Waals surface area contributed by atoms with Crippen LogP contribution in [-0.2, 0) is 0 Å². The van der Waals surface area contributed by atoms with Gasteiger partial charge in [-0.05, 0) is 45.4 Å². The second-order valence-electron chi connectivity index (χ2n) is 5.62. The maximum Gasteiger partial charge on any atom is 0.245 e. The van der Waals surface area contributed by atoms with Gasteiger partial charge in [-0.25, -0.2) is 0 Å². The van der Waals surface area contributed by atoms with Crippen LogP contribution >= 0.6 is 11.6 Å². The largest absolute Gasteiger partial charge is 0.348 e. The monoisotopic (exact) mass is 291 g/mol. The van der Waals surface area contributed by atoms with Gasteiger partial charge in [-0.1, -0.05) is 17.7 Å². The van der Waals surface area contributed by atoms with Gasteiger partial charge in [0, 0.05) is 16.2 Å². The lowest BCUT2D eigenvalue weighted by Crippen LogP contribution is -2.27. The van der Waals surface area contributed by atoms with Crippen molar-refractivity contribution in [1.29, 1.82) is 0 Å². The van der Waals surface area contributed by atoms with E-state index in [0.29, 0.717) is 16.8 Å². The summed E-state index contributed by atoms with van der Waals surface area (Å²) in [5, 5.41) is 15.0.